The van der Waals surface area contributed by atoms with E-state index in [1.54, 1.807) is 0 Å². The van der Waals surface area contributed by atoms with E-state index in [2.05, 4.69) is 19.1 Å². The Hall–Kier alpha value is -5.74. The number of aryl methyl sites for hydroxylation is 1. The van der Waals surface area contributed by atoms with Gasteiger partial charge in [0.15, 0.2) is 58.0 Å². The zero-order chi connectivity index (χ0) is 39.1. The number of hydrogen-bond acceptors (Lipinski definition) is 0. The van der Waals surface area contributed by atoms with Crippen molar-refractivity contribution in [2.75, 3.05) is 0 Å². The standard InChI is InChI=1S/C29H9BF15N.C7H8/c31-15-12(16(32)22(38)27(43)21(15)37)30(13-17(33)23(39)28(44)24(40)18(13)34,14-19(35)25(41)29(45)26(42)20(14)36)46-9-5-4-8-11(46)10-6-2-1-3-7-10;1-7-5-3-2-4-6-7/h1-9H;2-6H,1H3. The third kappa shape index (κ3) is 6.16. The average molecular weight is 759 g/mol. The Morgan fingerprint density at radius 3 is 0.925 bits per heavy atom. The lowest BCUT2D eigenvalue weighted by Gasteiger charge is -2.39. The van der Waals surface area contributed by atoms with Crippen molar-refractivity contribution in [3.05, 3.63) is 178 Å². The molecule has 0 fully saturated rings. The number of halogens is 15. The van der Waals surface area contributed by atoms with Gasteiger partial charge in [0, 0.05) is 11.6 Å². The fourth-order valence-corrected chi connectivity index (χ4v) is 6.00. The molecule has 0 saturated carbocycles. The van der Waals surface area contributed by atoms with Crippen molar-refractivity contribution < 1.29 is 70.3 Å². The van der Waals surface area contributed by atoms with E-state index in [9.17, 15) is 39.5 Å². The molecule has 6 rings (SSSR count). The first-order valence-corrected chi connectivity index (χ1v) is 14.8. The summed E-state index contributed by atoms with van der Waals surface area (Å²) >= 11 is 0. The Bertz CT molecular complexity index is 2120. The van der Waals surface area contributed by atoms with Gasteiger partial charge in [-0.15, -0.1) is 0 Å². The third-order valence-electron chi connectivity index (χ3n) is 8.30. The minimum atomic E-state index is -5.96. The van der Waals surface area contributed by atoms with Crippen LogP contribution in [0.15, 0.2) is 85.1 Å². The smallest absolute Gasteiger partial charge is 0.377 e. The highest BCUT2D eigenvalue weighted by Crippen LogP contribution is 2.28. The fourth-order valence-electron chi connectivity index (χ4n) is 6.00. The van der Waals surface area contributed by atoms with Crippen LogP contribution in [0.5, 0.6) is 0 Å². The second-order valence-corrected chi connectivity index (χ2v) is 11.3. The molecule has 17 heteroatoms. The van der Waals surface area contributed by atoms with Crippen LogP contribution >= 0.6 is 0 Å². The molecule has 0 aliphatic heterocycles. The van der Waals surface area contributed by atoms with Crippen LogP contribution in [0.2, 0.25) is 0 Å². The van der Waals surface area contributed by atoms with Crippen molar-refractivity contribution in [1.29, 1.82) is 0 Å². The number of pyridine rings is 1. The fraction of sp³-hybridized carbons (Fsp3) is 0.0278. The lowest BCUT2D eigenvalue weighted by atomic mass is 9.23. The molecule has 0 amide bonds. The van der Waals surface area contributed by atoms with Gasteiger partial charge in [-0.2, -0.15) is 0 Å². The van der Waals surface area contributed by atoms with Crippen LogP contribution in [0, 0.1) is 94.2 Å². The zero-order valence-corrected chi connectivity index (χ0v) is 26.3. The van der Waals surface area contributed by atoms with Gasteiger partial charge in [0.2, 0.25) is 0 Å². The lowest BCUT2D eigenvalue weighted by molar-refractivity contribution is -0.527. The summed E-state index contributed by atoms with van der Waals surface area (Å²) < 4.78 is 227. The SMILES string of the molecule is Cc1ccccc1.Fc1c(F)c(F)c([B-](c2c(F)c(F)c(F)c(F)c2F)(c2c(F)c(F)c(F)c(F)c2F)[n+]2ccccc2-c2ccccc2)c(F)c1F. The summed E-state index contributed by atoms with van der Waals surface area (Å²) in [4.78, 5) is 0. The van der Waals surface area contributed by atoms with Gasteiger partial charge >= 0.3 is 6.28 Å². The quantitative estimate of drug-likeness (QED) is 0.0723. The first kappa shape index (κ1) is 38.5. The molecule has 1 aromatic heterocycles. The highest BCUT2D eigenvalue weighted by Gasteiger charge is 2.57. The van der Waals surface area contributed by atoms with Gasteiger partial charge in [0.05, 0.1) is 0 Å². The number of aromatic nitrogens is 1. The summed E-state index contributed by atoms with van der Waals surface area (Å²) in [5, 5.41) is 0. The molecule has 5 aromatic carbocycles. The molecule has 1 heterocycles. The van der Waals surface area contributed by atoms with Crippen LogP contribution in [0.25, 0.3) is 11.3 Å². The first-order valence-electron chi connectivity index (χ1n) is 14.8. The van der Waals surface area contributed by atoms with E-state index in [-0.39, 0.29) is 10.0 Å². The maximum absolute atomic E-state index is 15.8. The largest absolute Gasteiger partial charge is 0.408 e. The summed E-state index contributed by atoms with van der Waals surface area (Å²) in [5.74, 6) is -45.9. The van der Waals surface area contributed by atoms with Gasteiger partial charge in [-0.3, -0.25) is 0 Å². The minimum absolute atomic E-state index is 0.0931. The molecule has 0 spiro atoms. The maximum atomic E-state index is 15.8. The molecule has 6 aromatic rings. The van der Waals surface area contributed by atoms with E-state index >= 15 is 26.3 Å². The van der Waals surface area contributed by atoms with Gasteiger partial charge in [-0.1, -0.05) is 60.2 Å². The van der Waals surface area contributed by atoms with Crippen LogP contribution in [-0.4, -0.2) is 6.28 Å². The van der Waals surface area contributed by atoms with Crippen LogP contribution in [0.3, 0.4) is 0 Å². The summed E-state index contributed by atoms with van der Waals surface area (Å²) in [6, 6.07) is 18.8. The Kier molecular flexibility index (Phi) is 10.7. The second-order valence-electron chi connectivity index (χ2n) is 11.3. The van der Waals surface area contributed by atoms with Crippen LogP contribution in [0.1, 0.15) is 5.56 Å². The minimum Gasteiger partial charge on any atom is -0.408 e. The molecule has 1 nitrogen and oxygen atoms in total. The van der Waals surface area contributed by atoms with E-state index in [0.29, 0.717) is 6.20 Å². The Morgan fingerprint density at radius 2 is 0.623 bits per heavy atom. The Labute approximate surface area is 289 Å². The highest BCUT2D eigenvalue weighted by molar-refractivity contribution is 7.05. The highest BCUT2D eigenvalue weighted by atomic mass is 19.2. The molecule has 0 bridgehead atoms. The summed E-state index contributed by atoms with van der Waals surface area (Å²) in [6.07, 6.45) is -5.59. The summed E-state index contributed by atoms with van der Waals surface area (Å²) in [7, 11) is 0. The Balaban J connectivity index is 0.000000693. The molecule has 0 aliphatic carbocycles. The molecule has 0 unspecified atom stereocenters. The van der Waals surface area contributed by atoms with Crippen LogP contribution < -0.4 is 20.9 Å². The van der Waals surface area contributed by atoms with Gasteiger partial charge in [-0.25, -0.2) is 65.9 Å². The third-order valence-corrected chi connectivity index (χ3v) is 8.30. The number of nitrogens with zero attached hydrogens (tertiary/aromatic N) is 1. The summed E-state index contributed by atoms with van der Waals surface area (Å²) in [6.45, 7) is 2.08. The van der Waals surface area contributed by atoms with Crippen molar-refractivity contribution in [3.63, 3.8) is 0 Å². The van der Waals surface area contributed by atoms with Crippen molar-refractivity contribution in [1.82, 2.24) is 0 Å². The molecule has 0 radical (unpaired) electrons. The molecular weight excluding hydrogens is 742 g/mol. The molecule has 53 heavy (non-hydrogen) atoms. The van der Waals surface area contributed by atoms with Crippen LogP contribution in [0.4, 0.5) is 65.9 Å². The van der Waals surface area contributed by atoms with E-state index in [1.807, 2.05) is 18.2 Å². The predicted molar refractivity (Wildman–Crippen MR) is 162 cm³/mol. The van der Waals surface area contributed by atoms with Gasteiger partial charge < -0.3 is 4.48 Å². The van der Waals surface area contributed by atoms with E-state index in [4.69, 9.17) is 0 Å². The molecule has 0 atom stereocenters. The maximum Gasteiger partial charge on any atom is 0.377 e. The van der Waals surface area contributed by atoms with E-state index < -0.39 is 116 Å². The average Bonchev–Trinajstić information content (AvgIpc) is 3.17. The monoisotopic (exact) mass is 759 g/mol. The molecule has 0 saturated heterocycles. The molecule has 0 aliphatic rings. The van der Waals surface area contributed by atoms with Crippen molar-refractivity contribution >= 4 is 22.7 Å². The van der Waals surface area contributed by atoms with Crippen LogP contribution in [-0.2, 0) is 0 Å². The first-order chi connectivity index (χ1) is 25.0. The summed E-state index contributed by atoms with van der Waals surface area (Å²) in [5.41, 5.74) is -7.92. The molecule has 274 valence electrons. The van der Waals surface area contributed by atoms with Gasteiger partial charge in [0.25, 0.3) is 0 Å². The van der Waals surface area contributed by atoms with Crippen molar-refractivity contribution in [2.45, 2.75) is 6.92 Å². The van der Waals surface area contributed by atoms with Gasteiger partial charge in [-0.05, 0) is 41.5 Å². The molecular formula is C36H17BF15N. The second kappa shape index (κ2) is 14.7. The Morgan fingerprint density at radius 1 is 0.340 bits per heavy atom. The van der Waals surface area contributed by atoms with E-state index in [1.165, 1.54) is 23.8 Å². The van der Waals surface area contributed by atoms with Gasteiger partial charge in [0.1, 0.15) is 41.1 Å². The molecule has 0 N–H and O–H groups in total. The van der Waals surface area contributed by atoms with E-state index in [0.717, 1.165) is 30.3 Å². The number of benzene rings is 5. The van der Waals surface area contributed by atoms with Crippen molar-refractivity contribution in [3.8, 4) is 11.3 Å². The predicted octanol–water partition coefficient (Wildman–Crippen LogP) is 8.24. The zero-order valence-electron chi connectivity index (χ0n) is 26.3. The normalized spacial score (nSPS) is 11.4. The lowest BCUT2D eigenvalue weighted by Crippen LogP contribution is -2.88. The number of rotatable bonds is 5. The van der Waals surface area contributed by atoms with Crippen molar-refractivity contribution in [2.24, 2.45) is 0 Å². The number of hydrogen-bond donors (Lipinski definition) is 0. The topological polar surface area (TPSA) is 3.88 Å².